The molecule has 3 heteroatoms. The molecule has 1 amide bonds. The number of amides is 1. The summed E-state index contributed by atoms with van der Waals surface area (Å²) < 4.78 is 0. The number of anilines is 1. The molecule has 0 aliphatic carbocycles. The minimum Gasteiger partial charge on any atom is -0.385 e. The van der Waals surface area contributed by atoms with E-state index in [1.807, 2.05) is 29.2 Å². The number of nitrogens with one attached hydrogen (secondary N) is 1. The van der Waals surface area contributed by atoms with E-state index in [0.29, 0.717) is 0 Å². The quantitative estimate of drug-likeness (QED) is 0.869. The zero-order chi connectivity index (χ0) is 14.2. The largest absolute Gasteiger partial charge is 0.385 e. The molecule has 4 rings (SSSR count). The number of para-hydroxylation sites is 1. The van der Waals surface area contributed by atoms with E-state index in [1.54, 1.807) is 0 Å². The predicted octanol–water partition coefficient (Wildman–Crippen LogP) is 3.13. The summed E-state index contributed by atoms with van der Waals surface area (Å²) in [4.78, 5) is 14.9. The number of rotatable bonds is 1. The van der Waals surface area contributed by atoms with E-state index in [4.69, 9.17) is 0 Å². The van der Waals surface area contributed by atoms with Crippen molar-refractivity contribution in [1.82, 2.24) is 4.90 Å². The molecular weight excluding hydrogens is 260 g/mol. The Morgan fingerprint density at radius 3 is 2.43 bits per heavy atom. The van der Waals surface area contributed by atoms with E-state index < -0.39 is 0 Å². The van der Waals surface area contributed by atoms with Gasteiger partial charge in [0.1, 0.15) is 0 Å². The van der Waals surface area contributed by atoms with Gasteiger partial charge in [0.15, 0.2) is 0 Å². The van der Waals surface area contributed by atoms with Crippen molar-refractivity contribution in [2.75, 3.05) is 11.9 Å². The maximum absolute atomic E-state index is 12.9. The molecule has 1 atom stereocenters. The highest BCUT2D eigenvalue weighted by Crippen LogP contribution is 2.34. The lowest BCUT2D eigenvalue weighted by molar-refractivity contribution is -0.133. The van der Waals surface area contributed by atoms with Crippen molar-refractivity contribution in [3.8, 4) is 0 Å². The molecule has 2 aromatic carbocycles. The molecule has 0 bridgehead atoms. The van der Waals surface area contributed by atoms with Crippen molar-refractivity contribution in [1.29, 1.82) is 0 Å². The van der Waals surface area contributed by atoms with Gasteiger partial charge in [-0.3, -0.25) is 4.79 Å². The number of hydrogen-bond donors (Lipinski definition) is 1. The molecule has 2 aromatic rings. The van der Waals surface area contributed by atoms with Crippen LogP contribution in [0.4, 0.5) is 5.69 Å². The van der Waals surface area contributed by atoms with Crippen LogP contribution in [0.25, 0.3) is 0 Å². The van der Waals surface area contributed by atoms with Crippen LogP contribution in [0.5, 0.6) is 0 Å². The fraction of sp³-hybridized carbons (Fsp3) is 0.278. The Balaban J connectivity index is 1.60. The van der Waals surface area contributed by atoms with Crippen LogP contribution in [0.2, 0.25) is 0 Å². The minimum atomic E-state index is -0.00300. The molecule has 2 aliphatic rings. The van der Waals surface area contributed by atoms with Crippen LogP contribution in [0, 0.1) is 0 Å². The van der Waals surface area contributed by atoms with Gasteiger partial charge < -0.3 is 10.2 Å². The van der Waals surface area contributed by atoms with E-state index in [0.717, 1.165) is 37.3 Å². The van der Waals surface area contributed by atoms with E-state index in [1.165, 1.54) is 11.1 Å². The molecule has 2 aliphatic heterocycles. The van der Waals surface area contributed by atoms with E-state index in [-0.39, 0.29) is 11.8 Å². The third-order valence-corrected chi connectivity index (χ3v) is 4.54. The number of carbonyl (C=O) groups is 1. The maximum atomic E-state index is 12.9. The van der Waals surface area contributed by atoms with Crippen LogP contribution in [0.3, 0.4) is 0 Å². The SMILES string of the molecule is O=C(C1CCNc2ccccc21)N1Cc2ccccc2C1. The Morgan fingerprint density at radius 2 is 1.67 bits per heavy atom. The highest BCUT2D eigenvalue weighted by molar-refractivity contribution is 5.86. The van der Waals surface area contributed by atoms with E-state index in [2.05, 4.69) is 29.6 Å². The monoisotopic (exact) mass is 278 g/mol. The second kappa shape index (κ2) is 4.92. The van der Waals surface area contributed by atoms with Gasteiger partial charge in [0.25, 0.3) is 0 Å². The lowest BCUT2D eigenvalue weighted by Gasteiger charge is -2.29. The Kier molecular flexibility index (Phi) is 2.92. The number of fused-ring (bicyclic) bond motifs is 2. The van der Waals surface area contributed by atoms with Gasteiger partial charge in [0.2, 0.25) is 5.91 Å². The molecule has 2 heterocycles. The van der Waals surface area contributed by atoms with Gasteiger partial charge in [-0.1, -0.05) is 42.5 Å². The molecule has 0 radical (unpaired) electrons. The third kappa shape index (κ3) is 2.09. The average molecular weight is 278 g/mol. The second-order valence-corrected chi connectivity index (χ2v) is 5.82. The first-order chi connectivity index (χ1) is 10.3. The fourth-order valence-electron chi connectivity index (χ4n) is 3.43. The Labute approximate surface area is 124 Å². The summed E-state index contributed by atoms with van der Waals surface area (Å²) in [5, 5.41) is 3.38. The Bertz CT molecular complexity index is 670. The van der Waals surface area contributed by atoms with Crippen molar-refractivity contribution in [3.05, 3.63) is 65.2 Å². The van der Waals surface area contributed by atoms with Crippen molar-refractivity contribution < 1.29 is 4.79 Å². The van der Waals surface area contributed by atoms with E-state index >= 15 is 0 Å². The molecule has 0 aromatic heterocycles. The first-order valence-corrected chi connectivity index (χ1v) is 7.51. The van der Waals surface area contributed by atoms with Crippen molar-refractivity contribution in [3.63, 3.8) is 0 Å². The molecule has 21 heavy (non-hydrogen) atoms. The molecule has 0 spiro atoms. The summed E-state index contributed by atoms with van der Waals surface area (Å²) >= 11 is 0. The molecule has 106 valence electrons. The Hall–Kier alpha value is -2.29. The van der Waals surface area contributed by atoms with Crippen LogP contribution in [0.15, 0.2) is 48.5 Å². The molecule has 1 unspecified atom stereocenters. The van der Waals surface area contributed by atoms with Crippen LogP contribution in [0.1, 0.15) is 29.0 Å². The average Bonchev–Trinajstić information content (AvgIpc) is 2.97. The van der Waals surface area contributed by atoms with Crippen LogP contribution >= 0.6 is 0 Å². The summed E-state index contributed by atoms with van der Waals surface area (Å²) in [6.45, 7) is 2.37. The summed E-state index contributed by atoms with van der Waals surface area (Å²) in [6, 6.07) is 16.5. The van der Waals surface area contributed by atoms with Gasteiger partial charge in [-0.05, 0) is 29.2 Å². The molecule has 0 saturated carbocycles. The zero-order valence-electron chi connectivity index (χ0n) is 11.9. The molecule has 0 fully saturated rings. The highest BCUT2D eigenvalue weighted by atomic mass is 16.2. The van der Waals surface area contributed by atoms with Crippen molar-refractivity contribution in [2.24, 2.45) is 0 Å². The summed E-state index contributed by atoms with van der Waals surface area (Å²) in [5.41, 5.74) is 4.82. The number of carbonyl (C=O) groups excluding carboxylic acids is 1. The summed E-state index contributed by atoms with van der Waals surface area (Å²) in [6.07, 6.45) is 0.878. The number of hydrogen-bond acceptors (Lipinski definition) is 2. The second-order valence-electron chi connectivity index (χ2n) is 5.82. The van der Waals surface area contributed by atoms with Crippen molar-refractivity contribution >= 4 is 11.6 Å². The number of nitrogens with zero attached hydrogens (tertiary/aromatic N) is 1. The van der Waals surface area contributed by atoms with Gasteiger partial charge in [-0.25, -0.2) is 0 Å². The van der Waals surface area contributed by atoms with E-state index in [9.17, 15) is 4.79 Å². The van der Waals surface area contributed by atoms with Crippen LogP contribution < -0.4 is 5.32 Å². The van der Waals surface area contributed by atoms with Gasteiger partial charge >= 0.3 is 0 Å². The summed E-state index contributed by atoms with van der Waals surface area (Å²) in [7, 11) is 0. The van der Waals surface area contributed by atoms with Crippen LogP contribution in [-0.2, 0) is 17.9 Å². The first-order valence-electron chi connectivity index (χ1n) is 7.51. The smallest absolute Gasteiger partial charge is 0.230 e. The van der Waals surface area contributed by atoms with Gasteiger partial charge in [0.05, 0.1) is 5.92 Å². The first kappa shape index (κ1) is 12.5. The van der Waals surface area contributed by atoms with Crippen LogP contribution in [-0.4, -0.2) is 17.4 Å². The minimum absolute atomic E-state index is 0.00300. The molecule has 0 saturated heterocycles. The zero-order valence-corrected chi connectivity index (χ0v) is 11.9. The predicted molar refractivity (Wildman–Crippen MR) is 83.0 cm³/mol. The van der Waals surface area contributed by atoms with Gasteiger partial charge in [0, 0.05) is 25.3 Å². The maximum Gasteiger partial charge on any atom is 0.230 e. The third-order valence-electron chi connectivity index (χ3n) is 4.54. The summed E-state index contributed by atoms with van der Waals surface area (Å²) in [5.74, 6) is 0.261. The standard InChI is InChI=1S/C18H18N2O/c21-18(20-11-13-5-1-2-6-14(13)12-20)16-9-10-19-17-8-4-3-7-15(16)17/h1-8,16,19H,9-12H2. The molecule has 3 nitrogen and oxygen atoms in total. The number of benzene rings is 2. The molecule has 1 N–H and O–H groups in total. The topological polar surface area (TPSA) is 32.3 Å². The lowest BCUT2D eigenvalue weighted by Crippen LogP contribution is -2.34. The highest BCUT2D eigenvalue weighted by Gasteiger charge is 2.32. The molecular formula is C18H18N2O. The fourth-order valence-corrected chi connectivity index (χ4v) is 3.43. The van der Waals surface area contributed by atoms with Crippen molar-refractivity contribution in [2.45, 2.75) is 25.4 Å². The lowest BCUT2D eigenvalue weighted by atomic mass is 9.90. The Morgan fingerprint density at radius 1 is 1.00 bits per heavy atom. The normalized spacial score (nSPS) is 19.6. The van der Waals surface area contributed by atoms with Gasteiger partial charge in [-0.15, -0.1) is 0 Å². The van der Waals surface area contributed by atoms with Gasteiger partial charge in [-0.2, -0.15) is 0 Å².